The van der Waals surface area contributed by atoms with E-state index in [2.05, 4.69) is 11.6 Å². The van der Waals surface area contributed by atoms with Crippen molar-refractivity contribution in [2.24, 2.45) is 0 Å². The second-order valence-corrected chi connectivity index (χ2v) is 8.51. The van der Waals surface area contributed by atoms with Crippen LogP contribution in [0.1, 0.15) is 18.9 Å². The number of likely N-dealkylation sites (tertiary alicyclic amines) is 1. The number of ether oxygens (including phenoxy) is 2. The molecule has 2 aromatic heterocycles. The largest absolute Gasteiger partial charge is 0.494 e. The van der Waals surface area contributed by atoms with E-state index in [1.54, 1.807) is 56.8 Å². The molecule has 3 heterocycles. The summed E-state index contributed by atoms with van der Waals surface area (Å²) in [5.74, 6) is -0.193. The van der Waals surface area contributed by atoms with Crippen LogP contribution in [0.3, 0.4) is 0 Å². The van der Waals surface area contributed by atoms with Gasteiger partial charge in [0.05, 0.1) is 36.1 Å². The maximum atomic E-state index is 14.5. The van der Waals surface area contributed by atoms with Crippen molar-refractivity contribution in [2.75, 3.05) is 20.2 Å². The normalized spacial score (nSPS) is 15.6. The van der Waals surface area contributed by atoms with Crippen LogP contribution in [0.15, 0.2) is 78.4 Å². The topological polar surface area (TPSA) is 78.6 Å². The number of carbonyl (C=O) groups is 1. The standard InChI is InChI=1S/C27H25FN4O4/c1-3-25(33)30-15-5-6-19(17-30)32-21-13-14-29-16-22(21)31(27(32)34)18-9-11-20(12-10-18)36-24-8-4-7-23(35-2)26(24)28/h3-4,7-14,16,19H,1,5-6,15,17H2,2H3/t19-/m1/s1. The molecule has 1 amide bonds. The van der Waals surface area contributed by atoms with E-state index < -0.39 is 5.82 Å². The van der Waals surface area contributed by atoms with Gasteiger partial charge in [0.2, 0.25) is 11.7 Å². The van der Waals surface area contributed by atoms with Gasteiger partial charge in [-0.05, 0) is 61.4 Å². The van der Waals surface area contributed by atoms with Crippen LogP contribution in [0.4, 0.5) is 4.39 Å². The number of benzene rings is 2. The smallest absolute Gasteiger partial charge is 0.334 e. The van der Waals surface area contributed by atoms with E-state index in [4.69, 9.17) is 9.47 Å². The molecule has 5 rings (SSSR count). The minimum absolute atomic E-state index is 0.0380. The summed E-state index contributed by atoms with van der Waals surface area (Å²) in [6, 6.07) is 13.1. The van der Waals surface area contributed by atoms with Crippen molar-refractivity contribution in [3.8, 4) is 22.9 Å². The number of hydrogen-bond donors (Lipinski definition) is 0. The molecule has 0 bridgehead atoms. The highest BCUT2D eigenvalue weighted by molar-refractivity contribution is 5.87. The average Bonchev–Trinajstić information content (AvgIpc) is 3.21. The minimum Gasteiger partial charge on any atom is -0.494 e. The van der Waals surface area contributed by atoms with Gasteiger partial charge in [-0.15, -0.1) is 0 Å². The van der Waals surface area contributed by atoms with Crippen LogP contribution >= 0.6 is 0 Å². The molecule has 8 nitrogen and oxygen atoms in total. The maximum Gasteiger partial charge on any atom is 0.334 e. The zero-order valence-corrected chi connectivity index (χ0v) is 19.8. The Morgan fingerprint density at radius 2 is 1.92 bits per heavy atom. The third-order valence-electron chi connectivity index (χ3n) is 6.39. The number of fused-ring (bicyclic) bond motifs is 1. The fourth-order valence-electron chi connectivity index (χ4n) is 4.68. The molecule has 36 heavy (non-hydrogen) atoms. The number of methoxy groups -OCH3 is 1. The lowest BCUT2D eigenvalue weighted by Crippen LogP contribution is -2.42. The van der Waals surface area contributed by atoms with Crippen molar-refractivity contribution in [3.05, 3.63) is 89.9 Å². The summed E-state index contributed by atoms with van der Waals surface area (Å²) in [6.45, 7) is 4.66. The van der Waals surface area contributed by atoms with Crippen molar-refractivity contribution in [3.63, 3.8) is 0 Å². The molecule has 0 spiro atoms. The fourth-order valence-corrected chi connectivity index (χ4v) is 4.68. The molecule has 0 saturated carbocycles. The molecule has 0 radical (unpaired) electrons. The van der Waals surface area contributed by atoms with Crippen molar-refractivity contribution in [1.82, 2.24) is 19.0 Å². The number of rotatable bonds is 6. The van der Waals surface area contributed by atoms with E-state index in [1.807, 2.05) is 6.07 Å². The van der Waals surface area contributed by atoms with Gasteiger partial charge in [-0.25, -0.2) is 4.79 Å². The highest BCUT2D eigenvalue weighted by Gasteiger charge is 2.27. The molecular formula is C27H25FN4O4. The average molecular weight is 489 g/mol. The molecule has 0 N–H and O–H groups in total. The van der Waals surface area contributed by atoms with Crippen LogP contribution in [-0.4, -0.2) is 45.1 Å². The van der Waals surface area contributed by atoms with E-state index >= 15 is 0 Å². The predicted molar refractivity (Wildman–Crippen MR) is 133 cm³/mol. The first-order valence-electron chi connectivity index (χ1n) is 11.6. The lowest BCUT2D eigenvalue weighted by atomic mass is 10.1. The number of pyridine rings is 1. The van der Waals surface area contributed by atoms with Gasteiger partial charge in [0.15, 0.2) is 11.5 Å². The number of nitrogens with zero attached hydrogens (tertiary/aromatic N) is 4. The lowest BCUT2D eigenvalue weighted by Gasteiger charge is -2.32. The highest BCUT2D eigenvalue weighted by Crippen LogP contribution is 2.31. The zero-order chi connectivity index (χ0) is 25.2. The first kappa shape index (κ1) is 23.3. The van der Waals surface area contributed by atoms with E-state index in [0.29, 0.717) is 30.0 Å². The van der Waals surface area contributed by atoms with Crippen LogP contribution in [0.5, 0.6) is 17.2 Å². The van der Waals surface area contributed by atoms with Gasteiger partial charge < -0.3 is 14.4 Å². The van der Waals surface area contributed by atoms with Gasteiger partial charge in [-0.3, -0.25) is 18.9 Å². The second-order valence-electron chi connectivity index (χ2n) is 8.51. The molecule has 1 fully saturated rings. The lowest BCUT2D eigenvalue weighted by molar-refractivity contribution is -0.127. The molecule has 1 aliphatic rings. The summed E-state index contributed by atoms with van der Waals surface area (Å²) in [5.41, 5.74) is 1.79. The Balaban J connectivity index is 1.50. The number of piperidine rings is 1. The Morgan fingerprint density at radius 3 is 2.67 bits per heavy atom. The van der Waals surface area contributed by atoms with E-state index in [-0.39, 0.29) is 29.1 Å². The Labute approximate surface area is 206 Å². The number of hydrogen-bond acceptors (Lipinski definition) is 5. The molecular weight excluding hydrogens is 463 g/mol. The van der Waals surface area contributed by atoms with Crippen LogP contribution in [-0.2, 0) is 4.79 Å². The number of aromatic nitrogens is 3. The van der Waals surface area contributed by atoms with Gasteiger partial charge in [0, 0.05) is 19.3 Å². The summed E-state index contributed by atoms with van der Waals surface area (Å²) in [7, 11) is 1.39. The molecule has 1 atom stereocenters. The molecule has 1 saturated heterocycles. The molecule has 0 unspecified atom stereocenters. The summed E-state index contributed by atoms with van der Waals surface area (Å²) >= 11 is 0. The van der Waals surface area contributed by atoms with E-state index in [9.17, 15) is 14.0 Å². The monoisotopic (exact) mass is 488 g/mol. The molecule has 184 valence electrons. The highest BCUT2D eigenvalue weighted by atomic mass is 19.1. The summed E-state index contributed by atoms with van der Waals surface area (Å²) in [6.07, 6.45) is 6.18. The number of halogens is 1. The molecule has 9 heteroatoms. The molecule has 2 aromatic carbocycles. The zero-order valence-electron chi connectivity index (χ0n) is 19.8. The Morgan fingerprint density at radius 1 is 1.14 bits per heavy atom. The fraction of sp³-hybridized carbons (Fsp3) is 0.222. The van der Waals surface area contributed by atoms with Gasteiger partial charge in [0.1, 0.15) is 5.75 Å². The SMILES string of the molecule is C=CC(=O)N1CCC[C@@H](n2c(=O)n(-c3ccc(Oc4cccc(OC)c4F)cc3)c3cnccc32)C1. The van der Waals surface area contributed by atoms with Gasteiger partial charge in [-0.2, -0.15) is 4.39 Å². The Bertz CT molecular complexity index is 1490. The van der Waals surface area contributed by atoms with Crippen LogP contribution in [0, 0.1) is 5.82 Å². The van der Waals surface area contributed by atoms with E-state index in [0.717, 1.165) is 18.4 Å². The maximum absolute atomic E-state index is 14.5. The molecule has 4 aromatic rings. The molecule has 1 aliphatic heterocycles. The first-order valence-corrected chi connectivity index (χ1v) is 11.6. The summed E-state index contributed by atoms with van der Waals surface area (Å²) < 4.78 is 28.5. The van der Waals surface area contributed by atoms with Crippen molar-refractivity contribution in [1.29, 1.82) is 0 Å². The van der Waals surface area contributed by atoms with Gasteiger partial charge >= 0.3 is 5.69 Å². The number of amides is 1. The van der Waals surface area contributed by atoms with Crippen LogP contribution in [0.25, 0.3) is 16.7 Å². The quantitative estimate of drug-likeness (QED) is 0.374. The third kappa shape index (κ3) is 4.13. The van der Waals surface area contributed by atoms with Crippen molar-refractivity contribution >= 4 is 16.9 Å². The third-order valence-corrected chi connectivity index (χ3v) is 6.39. The predicted octanol–water partition coefficient (Wildman–Crippen LogP) is 4.48. The number of imidazole rings is 1. The summed E-state index contributed by atoms with van der Waals surface area (Å²) in [4.78, 5) is 31.9. The minimum atomic E-state index is -0.592. The van der Waals surface area contributed by atoms with Gasteiger partial charge in [-0.1, -0.05) is 12.6 Å². The van der Waals surface area contributed by atoms with Crippen LogP contribution in [0.2, 0.25) is 0 Å². The Kier molecular flexibility index (Phi) is 6.28. The summed E-state index contributed by atoms with van der Waals surface area (Å²) in [5, 5.41) is 0. The second kappa shape index (κ2) is 9.69. The first-order chi connectivity index (χ1) is 17.5. The number of carbonyl (C=O) groups excluding carboxylic acids is 1. The molecule has 0 aliphatic carbocycles. The van der Waals surface area contributed by atoms with Crippen molar-refractivity contribution in [2.45, 2.75) is 18.9 Å². The van der Waals surface area contributed by atoms with Crippen LogP contribution < -0.4 is 15.2 Å². The van der Waals surface area contributed by atoms with Gasteiger partial charge in [0.25, 0.3) is 0 Å². The Hall–Kier alpha value is -4.40. The van der Waals surface area contributed by atoms with Crippen molar-refractivity contribution < 1.29 is 18.7 Å². The van der Waals surface area contributed by atoms with E-state index in [1.165, 1.54) is 25.3 Å².